The van der Waals surface area contributed by atoms with E-state index in [1.54, 1.807) is 0 Å². The standard InChI is InChI=1S/C5H5BO4/c1-10-5(9)3(7)2-4(6)8/h2H2,1H3. The van der Waals surface area contributed by atoms with Crippen LogP contribution < -0.4 is 0 Å². The van der Waals surface area contributed by atoms with Gasteiger partial charge in [0.1, 0.15) is 0 Å². The molecule has 0 aromatic heterocycles. The summed E-state index contributed by atoms with van der Waals surface area (Å²) >= 11 is 0. The molecule has 0 saturated heterocycles. The molecule has 0 fully saturated rings. The van der Waals surface area contributed by atoms with Gasteiger partial charge in [-0.1, -0.05) is 0 Å². The summed E-state index contributed by atoms with van der Waals surface area (Å²) in [6, 6.07) is 0. The van der Waals surface area contributed by atoms with Crippen LogP contribution in [0.4, 0.5) is 0 Å². The second-order valence-electron chi connectivity index (χ2n) is 1.56. The molecule has 10 heavy (non-hydrogen) atoms. The van der Waals surface area contributed by atoms with Gasteiger partial charge in [-0.3, -0.25) is 4.79 Å². The highest BCUT2D eigenvalue weighted by atomic mass is 16.5. The summed E-state index contributed by atoms with van der Waals surface area (Å²) in [7, 11) is 5.68. The first kappa shape index (κ1) is 8.87. The molecule has 0 amide bonds. The van der Waals surface area contributed by atoms with E-state index in [9.17, 15) is 14.4 Å². The molecule has 0 heterocycles. The van der Waals surface area contributed by atoms with E-state index in [1.807, 2.05) is 0 Å². The van der Waals surface area contributed by atoms with Crippen molar-refractivity contribution in [3.63, 3.8) is 0 Å². The van der Waals surface area contributed by atoms with Crippen LogP contribution in [-0.4, -0.2) is 32.4 Å². The molecule has 0 aromatic rings. The zero-order valence-corrected chi connectivity index (χ0v) is 5.42. The number of esters is 1. The van der Waals surface area contributed by atoms with Gasteiger partial charge >= 0.3 is 5.97 Å². The van der Waals surface area contributed by atoms with E-state index in [2.05, 4.69) is 12.6 Å². The molecule has 4 nitrogen and oxygen atoms in total. The highest BCUT2D eigenvalue weighted by molar-refractivity contribution is 6.61. The van der Waals surface area contributed by atoms with Crippen molar-refractivity contribution in [2.24, 2.45) is 0 Å². The first-order chi connectivity index (χ1) is 4.57. The number of methoxy groups -OCH3 is 1. The molecule has 0 aliphatic rings. The van der Waals surface area contributed by atoms with Crippen LogP contribution >= 0.6 is 0 Å². The Hall–Kier alpha value is -1.13. The summed E-state index contributed by atoms with van der Waals surface area (Å²) < 4.78 is 4.02. The van der Waals surface area contributed by atoms with Gasteiger partial charge < -0.3 is 9.53 Å². The molecular formula is C5H5BO4. The van der Waals surface area contributed by atoms with Gasteiger partial charge in [-0.05, 0) is 0 Å². The van der Waals surface area contributed by atoms with E-state index in [1.165, 1.54) is 0 Å². The fourth-order valence-corrected chi connectivity index (χ4v) is 0.344. The van der Waals surface area contributed by atoms with E-state index >= 15 is 0 Å². The topological polar surface area (TPSA) is 60.4 Å². The second kappa shape index (κ2) is 3.82. The van der Waals surface area contributed by atoms with Gasteiger partial charge in [0.2, 0.25) is 5.78 Å². The largest absolute Gasteiger partial charge is 0.463 e. The van der Waals surface area contributed by atoms with E-state index < -0.39 is 23.9 Å². The molecule has 0 saturated carbocycles. The Kier molecular flexibility index (Phi) is 3.39. The van der Waals surface area contributed by atoms with Crippen molar-refractivity contribution in [3.8, 4) is 0 Å². The summed E-state index contributed by atoms with van der Waals surface area (Å²) in [4.78, 5) is 30.7. The molecule has 0 rings (SSSR count). The Bertz CT molecular complexity index is 174. The molecule has 0 aliphatic carbocycles. The van der Waals surface area contributed by atoms with Gasteiger partial charge in [-0.2, -0.15) is 0 Å². The fourth-order valence-electron chi connectivity index (χ4n) is 0.344. The van der Waals surface area contributed by atoms with Crippen molar-refractivity contribution in [3.05, 3.63) is 0 Å². The van der Waals surface area contributed by atoms with E-state index in [0.29, 0.717) is 0 Å². The Morgan fingerprint density at radius 3 is 2.20 bits per heavy atom. The number of hydrogen-bond donors (Lipinski definition) is 0. The first-order valence-corrected chi connectivity index (χ1v) is 2.47. The van der Waals surface area contributed by atoms with Crippen LogP contribution in [-0.2, 0) is 19.1 Å². The molecule has 0 bridgehead atoms. The van der Waals surface area contributed by atoms with E-state index in [0.717, 1.165) is 7.11 Å². The Balaban J connectivity index is 3.86. The van der Waals surface area contributed by atoms with Gasteiger partial charge in [0.25, 0.3) is 0 Å². The molecule has 0 N–H and O–H groups in total. The molecule has 0 aliphatic heterocycles. The molecular weight excluding hydrogens is 135 g/mol. The van der Waals surface area contributed by atoms with E-state index in [4.69, 9.17) is 0 Å². The molecule has 0 aromatic carbocycles. The smallest absolute Gasteiger partial charge is 0.374 e. The molecule has 0 atom stereocenters. The second-order valence-corrected chi connectivity index (χ2v) is 1.56. The highest BCUT2D eigenvalue weighted by Crippen LogP contribution is 1.85. The van der Waals surface area contributed by atoms with Crippen LogP contribution in [0.1, 0.15) is 6.42 Å². The maximum absolute atomic E-state index is 10.4. The number of hydrogen-bond acceptors (Lipinski definition) is 4. The Morgan fingerprint density at radius 2 is 1.90 bits per heavy atom. The van der Waals surface area contributed by atoms with Gasteiger partial charge in [0, 0.05) is 0 Å². The third-order valence-corrected chi connectivity index (χ3v) is 0.748. The van der Waals surface area contributed by atoms with Crippen molar-refractivity contribution in [1.29, 1.82) is 0 Å². The number of ketones is 1. The van der Waals surface area contributed by atoms with Crippen LogP contribution in [0.15, 0.2) is 0 Å². The maximum atomic E-state index is 10.4. The number of rotatable bonds is 3. The normalized spacial score (nSPS) is 8.50. The van der Waals surface area contributed by atoms with Crippen LogP contribution in [0, 0.1) is 0 Å². The summed E-state index contributed by atoms with van der Waals surface area (Å²) in [5.41, 5.74) is -0.838. The van der Waals surface area contributed by atoms with Crippen molar-refractivity contribution in [2.75, 3.05) is 7.11 Å². The molecule has 52 valence electrons. The zero-order valence-electron chi connectivity index (χ0n) is 5.42. The van der Waals surface area contributed by atoms with Crippen molar-refractivity contribution >= 4 is 25.3 Å². The molecule has 0 unspecified atom stereocenters. The Morgan fingerprint density at radius 1 is 1.40 bits per heavy atom. The number of ether oxygens (including phenoxy) is 1. The lowest BCUT2D eigenvalue weighted by Gasteiger charge is -1.93. The quantitative estimate of drug-likeness (QED) is 0.214. The summed E-state index contributed by atoms with van der Waals surface area (Å²) in [6.07, 6.45) is -0.591. The lowest BCUT2D eigenvalue weighted by atomic mass is 9.98. The van der Waals surface area contributed by atoms with Crippen LogP contribution in [0.2, 0.25) is 0 Å². The number of Topliss-reactive ketones (excluding diaryl/α,β-unsaturated/α-hetero) is 1. The molecule has 0 spiro atoms. The predicted molar refractivity (Wildman–Crippen MR) is 32.4 cm³/mol. The van der Waals surface area contributed by atoms with Crippen LogP contribution in [0.25, 0.3) is 0 Å². The van der Waals surface area contributed by atoms with Crippen LogP contribution in [0.3, 0.4) is 0 Å². The summed E-state index contributed by atoms with van der Waals surface area (Å²) in [5, 5.41) is 0. The molecule has 5 heteroatoms. The van der Waals surface area contributed by atoms with Gasteiger partial charge in [-0.15, -0.1) is 0 Å². The van der Waals surface area contributed by atoms with Crippen molar-refractivity contribution < 1.29 is 19.1 Å². The summed E-state index contributed by atoms with van der Waals surface area (Å²) in [6.45, 7) is 0. The first-order valence-electron chi connectivity index (χ1n) is 2.47. The fraction of sp³-hybridized carbons (Fsp3) is 0.400. The number of carbonyl (C=O) groups is 3. The minimum absolute atomic E-state index is 0.591. The average molecular weight is 140 g/mol. The van der Waals surface area contributed by atoms with Gasteiger partial charge in [-0.25, -0.2) is 4.79 Å². The minimum atomic E-state index is -1.04. The average Bonchev–Trinajstić information content (AvgIpc) is 1.85. The van der Waals surface area contributed by atoms with Crippen LogP contribution in [0.5, 0.6) is 0 Å². The summed E-state index contributed by atoms with van der Waals surface area (Å²) in [5.74, 6) is -1.96. The molecule has 2 radical (unpaired) electrons. The number of carbonyl (C=O) groups excluding carboxylic acids is 3. The highest BCUT2D eigenvalue weighted by Gasteiger charge is 2.14. The maximum Gasteiger partial charge on any atom is 0.374 e. The minimum Gasteiger partial charge on any atom is -0.463 e. The third kappa shape index (κ3) is 3.01. The monoisotopic (exact) mass is 140 g/mol. The van der Waals surface area contributed by atoms with Crippen molar-refractivity contribution in [2.45, 2.75) is 6.42 Å². The predicted octanol–water partition coefficient (Wildman–Crippen LogP) is -1.19. The van der Waals surface area contributed by atoms with Gasteiger partial charge in [0.15, 0.2) is 7.85 Å². The lowest BCUT2D eigenvalue weighted by molar-refractivity contribution is -0.152. The zero-order chi connectivity index (χ0) is 8.15. The SMILES string of the molecule is [B]C(=O)CC(=O)C(=O)OC. The van der Waals surface area contributed by atoms with Gasteiger partial charge in [0.05, 0.1) is 19.2 Å². The lowest BCUT2D eigenvalue weighted by Crippen LogP contribution is -2.18. The third-order valence-electron chi connectivity index (χ3n) is 0.748. The van der Waals surface area contributed by atoms with E-state index in [-0.39, 0.29) is 0 Å². The van der Waals surface area contributed by atoms with Crippen molar-refractivity contribution in [1.82, 2.24) is 0 Å². The Labute approximate surface area is 58.9 Å².